The minimum Gasteiger partial charge on any atom is -0.463 e. The van der Waals surface area contributed by atoms with E-state index in [0.717, 1.165) is 44.9 Å². The maximum Gasteiger partial charge on any atom is 0.305 e. The fourth-order valence-electron chi connectivity index (χ4n) is 2.43. The number of aliphatic hydroxyl groups is 2. The normalized spacial score (nSPS) is 14.1. The second-order valence-corrected chi connectivity index (χ2v) is 7.26. The van der Waals surface area contributed by atoms with E-state index in [1.54, 1.807) is 0 Å². The zero-order valence-electron chi connectivity index (χ0n) is 19.1. The van der Waals surface area contributed by atoms with Crippen LogP contribution in [-0.4, -0.2) is 47.6 Å². The van der Waals surface area contributed by atoms with Crippen LogP contribution in [0.2, 0.25) is 0 Å². The van der Waals surface area contributed by atoms with E-state index in [0.29, 0.717) is 12.8 Å². The number of unbranched alkanes of at least 4 members (excludes halogenated alkanes) is 1. The lowest BCUT2D eigenvalue weighted by Crippen LogP contribution is -2.24. The Kier molecular flexibility index (Phi) is 19.6. The third kappa shape index (κ3) is 22.3. The van der Waals surface area contributed by atoms with Crippen molar-refractivity contribution in [3.63, 3.8) is 0 Å². The summed E-state index contributed by atoms with van der Waals surface area (Å²) in [6.45, 7) is 2.91. The summed E-state index contributed by atoms with van der Waals surface area (Å²) < 4.78 is 9.56. The average molecular weight is 437 g/mol. The molecule has 0 spiro atoms. The molecule has 31 heavy (non-hydrogen) atoms. The summed E-state index contributed by atoms with van der Waals surface area (Å²) in [6, 6.07) is 0. The second-order valence-electron chi connectivity index (χ2n) is 7.26. The van der Waals surface area contributed by atoms with Gasteiger partial charge in [0.25, 0.3) is 0 Å². The molecule has 176 valence electrons. The monoisotopic (exact) mass is 436 g/mol. The highest BCUT2D eigenvalue weighted by atomic mass is 16.6. The first kappa shape index (κ1) is 28.8. The molecule has 0 aliphatic rings. The molecule has 2 N–H and O–H groups in total. The molecule has 2 atom stereocenters. The van der Waals surface area contributed by atoms with Crippen LogP contribution in [0, 0.1) is 0 Å². The lowest BCUT2D eigenvalue weighted by atomic mass is 10.1. The first-order valence-electron chi connectivity index (χ1n) is 11.2. The van der Waals surface area contributed by atoms with E-state index in [-0.39, 0.29) is 25.3 Å². The number of hydrogen-bond acceptors (Lipinski definition) is 6. The van der Waals surface area contributed by atoms with Gasteiger partial charge in [-0.1, -0.05) is 55.5 Å². The first-order chi connectivity index (χ1) is 15.0. The molecule has 0 saturated carbocycles. The van der Waals surface area contributed by atoms with Gasteiger partial charge in [-0.25, -0.2) is 0 Å². The van der Waals surface area contributed by atoms with Gasteiger partial charge in [-0.05, 0) is 51.4 Å². The van der Waals surface area contributed by atoms with Gasteiger partial charge >= 0.3 is 11.9 Å². The van der Waals surface area contributed by atoms with Gasteiger partial charge in [-0.2, -0.15) is 0 Å². The number of carbonyl (C=O) groups is 2. The molecule has 0 radical (unpaired) electrons. The molecule has 0 rings (SSSR count). The molecular weight excluding hydrogens is 396 g/mol. The fraction of sp³-hybridized carbons (Fsp3) is 0.600. The van der Waals surface area contributed by atoms with Crippen LogP contribution in [-0.2, 0) is 19.1 Å². The van der Waals surface area contributed by atoms with Gasteiger partial charge in [-0.3, -0.25) is 9.59 Å². The predicted molar refractivity (Wildman–Crippen MR) is 123 cm³/mol. The van der Waals surface area contributed by atoms with Gasteiger partial charge in [0.15, 0.2) is 0 Å². The van der Waals surface area contributed by atoms with Crippen LogP contribution in [0.25, 0.3) is 0 Å². The minimum atomic E-state index is -0.989. The SMILES string of the molecule is CC[C@H](O)CC/C=C\C/C=C\C/C=C\C/C=C\CCCC(=O)OC[C@@H](O)COC(C)=O. The van der Waals surface area contributed by atoms with Gasteiger partial charge in [0.05, 0.1) is 6.10 Å². The smallest absolute Gasteiger partial charge is 0.305 e. The van der Waals surface area contributed by atoms with Gasteiger partial charge < -0.3 is 19.7 Å². The number of rotatable bonds is 18. The average Bonchev–Trinajstić information content (AvgIpc) is 2.75. The molecule has 0 unspecified atom stereocenters. The van der Waals surface area contributed by atoms with Gasteiger partial charge in [0.2, 0.25) is 0 Å². The number of aliphatic hydroxyl groups excluding tert-OH is 2. The van der Waals surface area contributed by atoms with Crippen molar-refractivity contribution in [2.45, 2.75) is 83.8 Å². The van der Waals surface area contributed by atoms with Crippen molar-refractivity contribution in [3.8, 4) is 0 Å². The Balaban J connectivity index is 3.59. The highest BCUT2D eigenvalue weighted by Gasteiger charge is 2.09. The molecule has 6 heteroatoms. The number of ether oxygens (including phenoxy) is 2. The number of carbonyl (C=O) groups excluding carboxylic acids is 2. The van der Waals surface area contributed by atoms with Crippen LogP contribution < -0.4 is 0 Å². The zero-order chi connectivity index (χ0) is 23.2. The molecule has 0 amide bonds. The van der Waals surface area contributed by atoms with E-state index in [1.807, 2.05) is 13.0 Å². The fourth-order valence-corrected chi connectivity index (χ4v) is 2.43. The minimum absolute atomic E-state index is 0.166. The van der Waals surface area contributed by atoms with E-state index >= 15 is 0 Å². The van der Waals surface area contributed by atoms with Crippen LogP contribution in [0.3, 0.4) is 0 Å². The van der Waals surface area contributed by atoms with E-state index in [4.69, 9.17) is 4.74 Å². The lowest BCUT2D eigenvalue weighted by Gasteiger charge is -2.10. The Hall–Kier alpha value is -2.18. The molecule has 0 aliphatic heterocycles. The predicted octanol–water partition coefficient (Wildman–Crippen LogP) is 4.57. The summed E-state index contributed by atoms with van der Waals surface area (Å²) in [7, 11) is 0. The number of hydrogen-bond donors (Lipinski definition) is 2. The maximum absolute atomic E-state index is 11.6. The number of allylic oxidation sites excluding steroid dienone is 8. The quantitative estimate of drug-likeness (QED) is 0.186. The third-order valence-electron chi connectivity index (χ3n) is 4.29. The third-order valence-corrected chi connectivity index (χ3v) is 4.29. The molecule has 0 fully saturated rings. The van der Waals surface area contributed by atoms with Gasteiger partial charge in [0.1, 0.15) is 19.3 Å². The van der Waals surface area contributed by atoms with E-state index in [9.17, 15) is 19.8 Å². The topological polar surface area (TPSA) is 93.1 Å². The van der Waals surface area contributed by atoms with Crippen molar-refractivity contribution in [2.75, 3.05) is 13.2 Å². The van der Waals surface area contributed by atoms with E-state index in [2.05, 4.69) is 47.3 Å². The van der Waals surface area contributed by atoms with Crippen molar-refractivity contribution >= 4 is 11.9 Å². The van der Waals surface area contributed by atoms with Crippen molar-refractivity contribution < 1.29 is 29.3 Å². The Labute approximate surface area is 187 Å². The summed E-state index contributed by atoms with van der Waals surface area (Å²) in [4.78, 5) is 22.2. The van der Waals surface area contributed by atoms with Crippen LogP contribution in [0.5, 0.6) is 0 Å². The van der Waals surface area contributed by atoms with E-state index in [1.165, 1.54) is 6.92 Å². The van der Waals surface area contributed by atoms with Crippen molar-refractivity contribution in [1.29, 1.82) is 0 Å². The Morgan fingerprint density at radius 1 is 0.774 bits per heavy atom. The molecular formula is C25H40O6. The summed E-state index contributed by atoms with van der Waals surface area (Å²) in [5.41, 5.74) is 0. The molecule has 0 heterocycles. The zero-order valence-corrected chi connectivity index (χ0v) is 19.1. The van der Waals surface area contributed by atoms with Gasteiger partial charge in [-0.15, -0.1) is 0 Å². The summed E-state index contributed by atoms with van der Waals surface area (Å²) in [5.74, 6) is -0.845. The molecule has 0 aromatic rings. The lowest BCUT2D eigenvalue weighted by molar-refractivity contribution is -0.151. The van der Waals surface area contributed by atoms with Crippen molar-refractivity contribution in [3.05, 3.63) is 48.6 Å². The van der Waals surface area contributed by atoms with Crippen LogP contribution >= 0.6 is 0 Å². The highest BCUT2D eigenvalue weighted by Crippen LogP contribution is 2.03. The van der Waals surface area contributed by atoms with Crippen molar-refractivity contribution in [2.24, 2.45) is 0 Å². The van der Waals surface area contributed by atoms with Crippen LogP contribution in [0.1, 0.15) is 71.6 Å². The molecule has 0 aromatic heterocycles. The van der Waals surface area contributed by atoms with Gasteiger partial charge in [0, 0.05) is 13.3 Å². The van der Waals surface area contributed by atoms with E-state index < -0.39 is 12.1 Å². The molecule has 0 aromatic carbocycles. The Morgan fingerprint density at radius 3 is 1.84 bits per heavy atom. The summed E-state index contributed by atoms with van der Waals surface area (Å²) in [5, 5.41) is 18.9. The number of esters is 2. The second kappa shape index (κ2) is 21.1. The highest BCUT2D eigenvalue weighted by molar-refractivity contribution is 5.69. The standard InChI is InChI=1S/C25H40O6/c1-3-23(27)18-16-14-12-10-8-6-4-5-7-9-11-13-15-17-19-25(29)31-21-24(28)20-30-22(2)26/h5-8,11-14,23-24,27-28H,3-4,9-10,15-21H2,1-2H3/b7-5-,8-6-,13-11-,14-12-/t23-,24-/m0/s1. The molecule has 0 saturated heterocycles. The summed E-state index contributed by atoms with van der Waals surface area (Å²) >= 11 is 0. The van der Waals surface area contributed by atoms with Crippen LogP contribution in [0.15, 0.2) is 48.6 Å². The first-order valence-corrected chi connectivity index (χ1v) is 11.2. The van der Waals surface area contributed by atoms with Crippen LogP contribution in [0.4, 0.5) is 0 Å². The Morgan fingerprint density at radius 2 is 1.29 bits per heavy atom. The summed E-state index contributed by atoms with van der Waals surface area (Å²) in [6.07, 6.45) is 22.8. The van der Waals surface area contributed by atoms with Crippen molar-refractivity contribution in [1.82, 2.24) is 0 Å². The molecule has 0 bridgehead atoms. The molecule has 0 aliphatic carbocycles. The largest absolute Gasteiger partial charge is 0.463 e. The Bertz CT molecular complexity index is 577. The maximum atomic E-state index is 11.6. The molecule has 6 nitrogen and oxygen atoms in total.